The number of hydrogen-bond donors (Lipinski definition) is 0. The summed E-state index contributed by atoms with van der Waals surface area (Å²) in [7, 11) is -1.82. The molecule has 0 aliphatic carbocycles. The van der Waals surface area contributed by atoms with Crippen molar-refractivity contribution >= 4 is 32.5 Å². The summed E-state index contributed by atoms with van der Waals surface area (Å²) in [5.74, 6) is 0.634. The van der Waals surface area contributed by atoms with Crippen LogP contribution in [0, 0.1) is 6.92 Å². The Morgan fingerprint density at radius 3 is 2.32 bits per heavy atom. The molecule has 1 fully saturated rings. The summed E-state index contributed by atoms with van der Waals surface area (Å²) in [5, 5.41) is 0.802. The third-order valence-corrected chi connectivity index (χ3v) is 8.17. The van der Waals surface area contributed by atoms with E-state index in [1.165, 1.54) is 8.87 Å². The highest BCUT2D eigenvalue weighted by Crippen LogP contribution is 2.25. The van der Waals surface area contributed by atoms with Crippen molar-refractivity contribution in [1.29, 1.82) is 0 Å². The first kappa shape index (κ1) is 22.0. The molecular formula is C22H25ClN4O3S. The summed E-state index contributed by atoms with van der Waals surface area (Å²) in [4.78, 5) is 20.0. The first-order valence-corrected chi connectivity index (χ1v) is 12.0. The highest BCUT2D eigenvalue weighted by atomic mass is 35.5. The Hall–Kier alpha value is -2.26. The summed E-state index contributed by atoms with van der Waals surface area (Å²) in [6, 6.07) is 12.0. The molecule has 9 heteroatoms. The fraction of sp³-hybridized carbons (Fsp3) is 0.364. The molecule has 1 aliphatic heterocycles. The molecule has 0 radical (unpaired) electrons. The van der Waals surface area contributed by atoms with E-state index in [0.29, 0.717) is 52.8 Å². The lowest BCUT2D eigenvalue weighted by molar-refractivity contribution is 0.139. The van der Waals surface area contributed by atoms with Crippen molar-refractivity contribution in [1.82, 2.24) is 18.8 Å². The van der Waals surface area contributed by atoms with Crippen molar-refractivity contribution in [2.75, 3.05) is 26.2 Å². The molecule has 3 aromatic rings. The van der Waals surface area contributed by atoms with Crippen molar-refractivity contribution in [3.05, 3.63) is 69.2 Å². The van der Waals surface area contributed by atoms with Crippen LogP contribution in [0.1, 0.15) is 24.4 Å². The molecular weight excluding hydrogens is 436 g/mol. The van der Waals surface area contributed by atoms with E-state index in [-0.39, 0.29) is 11.6 Å². The van der Waals surface area contributed by atoms with Crippen LogP contribution in [0.5, 0.6) is 0 Å². The number of benzene rings is 2. The molecule has 2 heterocycles. The lowest BCUT2D eigenvalue weighted by atomic mass is 10.2. The number of aromatic nitrogens is 2. The van der Waals surface area contributed by atoms with Gasteiger partial charge in [-0.3, -0.25) is 14.3 Å². The third kappa shape index (κ3) is 4.01. The van der Waals surface area contributed by atoms with Crippen molar-refractivity contribution in [2.45, 2.75) is 24.8 Å². The quantitative estimate of drug-likeness (QED) is 0.598. The molecule has 1 atom stereocenters. The van der Waals surface area contributed by atoms with Gasteiger partial charge in [0.25, 0.3) is 5.56 Å². The molecule has 0 N–H and O–H groups in total. The van der Waals surface area contributed by atoms with Crippen LogP contribution in [-0.4, -0.2) is 53.4 Å². The van der Waals surface area contributed by atoms with E-state index in [4.69, 9.17) is 16.6 Å². The fourth-order valence-corrected chi connectivity index (χ4v) is 5.69. The number of nitrogens with zero attached hydrogens (tertiary/aromatic N) is 4. The number of aryl methyl sites for hydroxylation is 1. The number of sulfonamides is 1. The van der Waals surface area contributed by atoms with Crippen LogP contribution in [0.25, 0.3) is 10.9 Å². The van der Waals surface area contributed by atoms with E-state index in [0.717, 1.165) is 5.56 Å². The van der Waals surface area contributed by atoms with E-state index in [1.807, 2.05) is 26.0 Å². The van der Waals surface area contributed by atoms with Gasteiger partial charge in [-0.25, -0.2) is 13.4 Å². The molecule has 0 saturated carbocycles. The molecule has 1 saturated heterocycles. The van der Waals surface area contributed by atoms with E-state index in [9.17, 15) is 13.2 Å². The lowest BCUT2D eigenvalue weighted by Crippen LogP contribution is -2.49. The standard InChI is InChI=1S/C22H25ClN4O3S/c1-15-7-9-17(10-8-15)31(29,30)27-13-11-26(12-14-27)16(2)21-24-19-6-4-5-18(23)20(19)22(28)25(21)3/h4-10,16H,11-14H2,1-3H3. The number of rotatable bonds is 4. The van der Waals surface area contributed by atoms with Gasteiger partial charge in [-0.1, -0.05) is 35.4 Å². The molecule has 1 unspecified atom stereocenters. The van der Waals surface area contributed by atoms with E-state index in [1.54, 1.807) is 37.4 Å². The van der Waals surface area contributed by atoms with Crippen LogP contribution in [0.2, 0.25) is 5.02 Å². The predicted molar refractivity (Wildman–Crippen MR) is 122 cm³/mol. The zero-order valence-corrected chi connectivity index (χ0v) is 19.3. The second-order valence-corrected chi connectivity index (χ2v) is 10.2. The molecule has 0 amide bonds. The van der Waals surface area contributed by atoms with Crippen LogP contribution in [-0.2, 0) is 17.1 Å². The first-order chi connectivity index (χ1) is 14.7. The first-order valence-electron chi connectivity index (χ1n) is 10.2. The molecule has 31 heavy (non-hydrogen) atoms. The fourth-order valence-electron chi connectivity index (χ4n) is 4.02. The Morgan fingerprint density at radius 1 is 1.03 bits per heavy atom. The largest absolute Gasteiger partial charge is 0.298 e. The monoisotopic (exact) mass is 460 g/mol. The minimum Gasteiger partial charge on any atom is -0.298 e. The molecule has 4 rings (SSSR count). The Morgan fingerprint density at radius 2 is 1.68 bits per heavy atom. The normalized spacial score (nSPS) is 17.2. The van der Waals surface area contributed by atoms with Gasteiger partial charge < -0.3 is 0 Å². The second-order valence-electron chi connectivity index (χ2n) is 7.90. The summed E-state index contributed by atoms with van der Waals surface area (Å²) in [6.45, 7) is 5.79. The molecule has 0 bridgehead atoms. The maximum absolute atomic E-state index is 13.0. The SMILES string of the molecule is Cc1ccc(S(=O)(=O)N2CCN(C(C)c3nc4cccc(Cl)c4c(=O)n3C)CC2)cc1. The Bertz CT molecular complexity index is 1280. The number of piperazine rings is 1. The lowest BCUT2D eigenvalue weighted by Gasteiger charge is -2.37. The Kier molecular flexibility index (Phi) is 5.91. The van der Waals surface area contributed by atoms with Crippen molar-refractivity contribution < 1.29 is 8.42 Å². The molecule has 7 nitrogen and oxygen atoms in total. The second kappa shape index (κ2) is 8.35. The van der Waals surface area contributed by atoms with Gasteiger partial charge in [0.1, 0.15) is 5.82 Å². The van der Waals surface area contributed by atoms with Crippen LogP contribution in [0.4, 0.5) is 0 Å². The van der Waals surface area contributed by atoms with Gasteiger partial charge in [0.15, 0.2) is 0 Å². The zero-order chi connectivity index (χ0) is 22.3. The maximum Gasteiger partial charge on any atom is 0.262 e. The minimum absolute atomic E-state index is 0.148. The van der Waals surface area contributed by atoms with Gasteiger partial charge in [-0.15, -0.1) is 0 Å². The van der Waals surface area contributed by atoms with E-state index in [2.05, 4.69) is 4.90 Å². The van der Waals surface area contributed by atoms with Crippen LogP contribution < -0.4 is 5.56 Å². The average molecular weight is 461 g/mol. The topological polar surface area (TPSA) is 75.5 Å². The summed E-state index contributed by atoms with van der Waals surface area (Å²) in [5.41, 5.74) is 1.41. The van der Waals surface area contributed by atoms with Gasteiger partial charge in [0, 0.05) is 33.2 Å². The van der Waals surface area contributed by atoms with Crippen molar-refractivity contribution in [3.8, 4) is 0 Å². The van der Waals surface area contributed by atoms with Gasteiger partial charge in [0.05, 0.1) is 26.9 Å². The Labute approximate surface area is 186 Å². The van der Waals surface area contributed by atoms with Crippen LogP contribution in [0.15, 0.2) is 52.2 Å². The number of hydrogen-bond acceptors (Lipinski definition) is 5. The minimum atomic E-state index is -3.52. The zero-order valence-electron chi connectivity index (χ0n) is 17.7. The average Bonchev–Trinajstić information content (AvgIpc) is 2.76. The van der Waals surface area contributed by atoms with Crippen molar-refractivity contribution in [2.24, 2.45) is 7.05 Å². The summed E-state index contributed by atoms with van der Waals surface area (Å²) < 4.78 is 29.0. The number of fused-ring (bicyclic) bond motifs is 1. The van der Waals surface area contributed by atoms with Gasteiger partial charge in [-0.05, 0) is 38.1 Å². The number of halogens is 1. The highest BCUT2D eigenvalue weighted by Gasteiger charge is 2.31. The highest BCUT2D eigenvalue weighted by molar-refractivity contribution is 7.89. The van der Waals surface area contributed by atoms with E-state index < -0.39 is 10.0 Å². The molecule has 1 aliphatic rings. The maximum atomic E-state index is 13.0. The third-order valence-electron chi connectivity index (χ3n) is 5.94. The van der Waals surface area contributed by atoms with Crippen LogP contribution >= 0.6 is 11.6 Å². The van der Waals surface area contributed by atoms with E-state index >= 15 is 0 Å². The molecule has 2 aromatic carbocycles. The van der Waals surface area contributed by atoms with Gasteiger partial charge >= 0.3 is 0 Å². The molecule has 164 valence electrons. The van der Waals surface area contributed by atoms with Gasteiger partial charge in [-0.2, -0.15) is 4.31 Å². The van der Waals surface area contributed by atoms with Gasteiger partial charge in [0.2, 0.25) is 10.0 Å². The Balaban J connectivity index is 1.55. The predicted octanol–water partition coefficient (Wildman–Crippen LogP) is 2.96. The molecule has 1 aromatic heterocycles. The van der Waals surface area contributed by atoms with Crippen molar-refractivity contribution in [3.63, 3.8) is 0 Å². The van der Waals surface area contributed by atoms with Crippen LogP contribution in [0.3, 0.4) is 0 Å². The summed E-state index contributed by atoms with van der Waals surface area (Å²) in [6.07, 6.45) is 0. The summed E-state index contributed by atoms with van der Waals surface area (Å²) >= 11 is 6.21. The smallest absolute Gasteiger partial charge is 0.262 e. The molecule has 0 spiro atoms.